The molecular formula is C13H15BrS. The Bertz CT molecular complexity index is 396. The van der Waals surface area contributed by atoms with E-state index < -0.39 is 0 Å². The van der Waals surface area contributed by atoms with Crippen molar-refractivity contribution in [1.29, 1.82) is 0 Å². The Labute approximate surface area is 104 Å². The number of halogens is 1. The number of thiophene rings is 1. The third-order valence-corrected chi connectivity index (χ3v) is 3.66. The van der Waals surface area contributed by atoms with Crippen LogP contribution in [-0.4, -0.2) is 0 Å². The van der Waals surface area contributed by atoms with Gasteiger partial charge in [0.25, 0.3) is 0 Å². The van der Waals surface area contributed by atoms with Gasteiger partial charge in [0.2, 0.25) is 0 Å². The Morgan fingerprint density at radius 1 is 1.40 bits per heavy atom. The molecule has 1 aromatic rings. The summed E-state index contributed by atoms with van der Waals surface area (Å²) in [5, 5.41) is 0. The number of allylic oxidation sites excluding steroid dienone is 5. The molecule has 0 bridgehead atoms. The van der Waals surface area contributed by atoms with Crippen molar-refractivity contribution in [2.24, 2.45) is 0 Å². The van der Waals surface area contributed by atoms with E-state index in [2.05, 4.69) is 60.6 Å². The fraction of sp³-hybridized carbons (Fsp3) is 0.231. The maximum atomic E-state index is 3.72. The lowest BCUT2D eigenvalue weighted by Crippen LogP contribution is -1.81. The van der Waals surface area contributed by atoms with Crippen LogP contribution in [0.5, 0.6) is 0 Å². The van der Waals surface area contributed by atoms with Crippen LogP contribution in [-0.2, 0) is 6.42 Å². The van der Waals surface area contributed by atoms with Crippen molar-refractivity contribution in [2.45, 2.75) is 20.3 Å². The van der Waals surface area contributed by atoms with E-state index >= 15 is 0 Å². The molecule has 0 saturated carbocycles. The Hall–Kier alpha value is -0.600. The highest BCUT2D eigenvalue weighted by Crippen LogP contribution is 2.24. The van der Waals surface area contributed by atoms with Gasteiger partial charge in [0.1, 0.15) is 0 Å². The lowest BCUT2D eigenvalue weighted by Gasteiger charge is -1.96. The summed E-state index contributed by atoms with van der Waals surface area (Å²) in [6.45, 7) is 7.93. The summed E-state index contributed by atoms with van der Waals surface area (Å²) in [5.41, 5.74) is 2.56. The fourth-order valence-corrected chi connectivity index (χ4v) is 2.70. The molecule has 0 aliphatic heterocycles. The molecule has 0 saturated heterocycles. The van der Waals surface area contributed by atoms with Crippen molar-refractivity contribution in [2.75, 3.05) is 0 Å². The fourth-order valence-electron chi connectivity index (χ4n) is 1.12. The van der Waals surface area contributed by atoms with Gasteiger partial charge in [-0.15, -0.1) is 11.3 Å². The van der Waals surface area contributed by atoms with Crippen LogP contribution < -0.4 is 0 Å². The summed E-state index contributed by atoms with van der Waals surface area (Å²) in [6.07, 6.45) is 7.15. The van der Waals surface area contributed by atoms with Gasteiger partial charge in [0.15, 0.2) is 0 Å². The zero-order chi connectivity index (χ0) is 11.3. The Kier molecular flexibility index (Phi) is 5.06. The second-order valence-corrected chi connectivity index (χ2v) is 6.06. The van der Waals surface area contributed by atoms with Crippen LogP contribution >= 0.6 is 27.3 Å². The maximum absolute atomic E-state index is 3.72. The second-order valence-electron chi connectivity index (χ2n) is 3.51. The van der Waals surface area contributed by atoms with Gasteiger partial charge in [-0.2, -0.15) is 0 Å². The van der Waals surface area contributed by atoms with E-state index in [-0.39, 0.29) is 0 Å². The van der Waals surface area contributed by atoms with Crippen molar-refractivity contribution >= 4 is 27.3 Å². The molecule has 1 rings (SSSR count). The molecule has 80 valence electrons. The highest BCUT2D eigenvalue weighted by molar-refractivity contribution is 9.11. The first kappa shape index (κ1) is 12.5. The van der Waals surface area contributed by atoms with E-state index in [1.54, 1.807) is 11.3 Å². The Morgan fingerprint density at radius 2 is 2.13 bits per heavy atom. The van der Waals surface area contributed by atoms with Gasteiger partial charge < -0.3 is 0 Å². The molecule has 15 heavy (non-hydrogen) atoms. The van der Waals surface area contributed by atoms with Gasteiger partial charge in [-0.25, -0.2) is 0 Å². The van der Waals surface area contributed by atoms with E-state index in [4.69, 9.17) is 0 Å². The van der Waals surface area contributed by atoms with E-state index in [1.807, 2.05) is 6.08 Å². The monoisotopic (exact) mass is 282 g/mol. The quantitative estimate of drug-likeness (QED) is 0.672. The highest BCUT2D eigenvalue weighted by Gasteiger charge is 1.97. The van der Waals surface area contributed by atoms with Gasteiger partial charge in [-0.1, -0.05) is 36.0 Å². The molecule has 0 amide bonds. The van der Waals surface area contributed by atoms with Crippen LogP contribution in [0, 0.1) is 0 Å². The molecule has 0 spiro atoms. The zero-order valence-electron chi connectivity index (χ0n) is 9.09. The second kappa shape index (κ2) is 6.09. The van der Waals surface area contributed by atoms with Crippen LogP contribution in [0.3, 0.4) is 0 Å². The summed E-state index contributed by atoms with van der Waals surface area (Å²) in [4.78, 5) is 1.39. The minimum absolute atomic E-state index is 1.02. The van der Waals surface area contributed by atoms with Crippen LogP contribution in [0.2, 0.25) is 0 Å². The minimum atomic E-state index is 1.02. The predicted molar refractivity (Wildman–Crippen MR) is 73.4 cm³/mol. The standard InChI is InChI=1S/C13H15BrS/c1-4-10(2)5-6-11(3)9-12-7-8-13(14)15-12/h4-8H,1,9H2,2-3H3/b10-5+,11-6+. The van der Waals surface area contributed by atoms with Gasteiger partial charge >= 0.3 is 0 Å². The molecule has 0 atom stereocenters. The number of hydrogen-bond donors (Lipinski definition) is 0. The van der Waals surface area contributed by atoms with Gasteiger partial charge in [0, 0.05) is 11.3 Å². The molecule has 0 N–H and O–H groups in total. The summed E-state index contributed by atoms with van der Waals surface area (Å²) in [7, 11) is 0. The van der Waals surface area contributed by atoms with E-state index in [9.17, 15) is 0 Å². The summed E-state index contributed by atoms with van der Waals surface area (Å²) in [6, 6.07) is 4.26. The van der Waals surface area contributed by atoms with E-state index in [0.29, 0.717) is 0 Å². The molecule has 0 aliphatic carbocycles. The zero-order valence-corrected chi connectivity index (χ0v) is 11.5. The lowest BCUT2D eigenvalue weighted by molar-refractivity contribution is 1.18. The summed E-state index contributed by atoms with van der Waals surface area (Å²) < 4.78 is 1.20. The molecule has 0 radical (unpaired) electrons. The van der Waals surface area contributed by atoms with Crippen molar-refractivity contribution in [1.82, 2.24) is 0 Å². The highest BCUT2D eigenvalue weighted by atomic mass is 79.9. The van der Waals surface area contributed by atoms with Crippen molar-refractivity contribution in [3.05, 3.63) is 56.7 Å². The maximum Gasteiger partial charge on any atom is 0.0701 e. The van der Waals surface area contributed by atoms with Crippen LogP contribution in [0.1, 0.15) is 18.7 Å². The topological polar surface area (TPSA) is 0 Å². The molecule has 0 nitrogen and oxygen atoms in total. The molecular weight excluding hydrogens is 268 g/mol. The van der Waals surface area contributed by atoms with Crippen molar-refractivity contribution in [3.63, 3.8) is 0 Å². The molecule has 1 aromatic heterocycles. The number of hydrogen-bond acceptors (Lipinski definition) is 1. The summed E-state index contributed by atoms with van der Waals surface area (Å²) in [5.74, 6) is 0. The van der Waals surface area contributed by atoms with Crippen molar-refractivity contribution in [3.8, 4) is 0 Å². The molecule has 0 unspecified atom stereocenters. The predicted octanol–water partition coefficient (Wildman–Crippen LogP) is 5.13. The third-order valence-electron chi connectivity index (χ3n) is 2.03. The van der Waals surface area contributed by atoms with Gasteiger partial charge in [-0.05, 0) is 41.9 Å². The van der Waals surface area contributed by atoms with Crippen LogP contribution in [0.4, 0.5) is 0 Å². The molecule has 0 aliphatic rings. The third kappa shape index (κ3) is 4.63. The largest absolute Gasteiger partial charge is 0.133 e. The SMILES string of the molecule is C=C/C(C)=C/C=C(\C)Cc1ccc(Br)s1. The van der Waals surface area contributed by atoms with Crippen molar-refractivity contribution < 1.29 is 0 Å². The first-order valence-corrected chi connectivity index (χ1v) is 6.43. The minimum Gasteiger partial charge on any atom is -0.133 e. The first-order valence-electron chi connectivity index (χ1n) is 4.82. The average molecular weight is 283 g/mol. The van der Waals surface area contributed by atoms with Gasteiger partial charge in [-0.3, -0.25) is 0 Å². The Balaban J connectivity index is 2.63. The molecule has 0 aromatic carbocycles. The van der Waals surface area contributed by atoms with Crippen LogP contribution in [0.25, 0.3) is 0 Å². The van der Waals surface area contributed by atoms with Crippen LogP contribution in [0.15, 0.2) is 51.9 Å². The van der Waals surface area contributed by atoms with E-state index in [0.717, 1.165) is 6.42 Å². The lowest BCUT2D eigenvalue weighted by atomic mass is 10.1. The van der Waals surface area contributed by atoms with Gasteiger partial charge in [0.05, 0.1) is 3.79 Å². The molecule has 0 fully saturated rings. The smallest absolute Gasteiger partial charge is 0.0701 e. The number of rotatable bonds is 4. The molecule has 2 heteroatoms. The molecule has 1 heterocycles. The Morgan fingerprint density at radius 3 is 2.67 bits per heavy atom. The average Bonchev–Trinajstić information content (AvgIpc) is 2.60. The summed E-state index contributed by atoms with van der Waals surface area (Å²) >= 11 is 5.26. The van der Waals surface area contributed by atoms with E-state index in [1.165, 1.54) is 19.8 Å². The first-order chi connectivity index (χ1) is 7.11. The normalized spacial score (nSPS) is 13.0.